The van der Waals surface area contributed by atoms with Gasteiger partial charge in [-0.15, -0.1) is 10.2 Å². The van der Waals surface area contributed by atoms with Gasteiger partial charge >= 0.3 is 0 Å². The molecule has 0 bridgehead atoms. The zero-order valence-corrected chi connectivity index (χ0v) is 13.8. The van der Waals surface area contributed by atoms with Crippen molar-refractivity contribution in [2.24, 2.45) is 0 Å². The zero-order valence-electron chi connectivity index (χ0n) is 13.0. The Morgan fingerprint density at radius 2 is 1.96 bits per heavy atom. The maximum atomic E-state index is 13.0. The largest absolute Gasteiger partial charge is 0.495 e. The van der Waals surface area contributed by atoms with E-state index in [0.29, 0.717) is 22.1 Å². The second-order valence-corrected chi connectivity index (χ2v) is 5.39. The number of amides is 1. The van der Waals surface area contributed by atoms with Crippen LogP contribution in [0.3, 0.4) is 0 Å². The highest BCUT2D eigenvalue weighted by Gasteiger charge is 2.18. The number of benzene rings is 2. The first-order chi connectivity index (χ1) is 12.1. The summed E-state index contributed by atoms with van der Waals surface area (Å²) in [6.07, 6.45) is 0. The average Bonchev–Trinajstić information content (AvgIpc) is 3.05. The summed E-state index contributed by atoms with van der Waals surface area (Å²) in [7, 11) is 1.48. The minimum Gasteiger partial charge on any atom is -0.495 e. The molecule has 9 heteroatoms. The number of halogens is 2. The number of nitrogens with zero attached hydrogens (tertiary/aromatic N) is 2. The Kier molecular flexibility index (Phi) is 4.80. The molecular weight excluding hydrogens is 349 g/mol. The maximum Gasteiger partial charge on any atom is 0.280 e. The van der Waals surface area contributed by atoms with Crippen LogP contribution < -0.4 is 15.4 Å². The van der Waals surface area contributed by atoms with Crippen molar-refractivity contribution in [3.05, 3.63) is 59.0 Å². The number of carbonyl (C=O) groups is 1. The number of hydrogen-bond acceptors (Lipinski definition) is 5. The third-order valence-corrected chi connectivity index (χ3v) is 3.51. The Morgan fingerprint density at radius 3 is 2.68 bits per heavy atom. The maximum absolute atomic E-state index is 13.0. The Bertz CT molecular complexity index is 898. The monoisotopic (exact) mass is 361 g/mol. The summed E-state index contributed by atoms with van der Waals surface area (Å²) in [5.74, 6) is -0.227. The molecular formula is C16H13ClFN5O2. The van der Waals surface area contributed by atoms with E-state index >= 15 is 0 Å². The number of methoxy groups -OCH3 is 1. The van der Waals surface area contributed by atoms with Crippen LogP contribution in [-0.4, -0.2) is 28.4 Å². The van der Waals surface area contributed by atoms with E-state index in [1.807, 2.05) is 0 Å². The van der Waals surface area contributed by atoms with Gasteiger partial charge in [-0.05, 0) is 42.5 Å². The minimum atomic E-state index is -0.515. The molecule has 3 rings (SSSR count). The van der Waals surface area contributed by atoms with Crippen molar-refractivity contribution in [2.75, 3.05) is 17.7 Å². The quantitative estimate of drug-likeness (QED) is 0.645. The molecule has 0 saturated carbocycles. The van der Waals surface area contributed by atoms with Crippen LogP contribution >= 0.6 is 11.6 Å². The van der Waals surface area contributed by atoms with Crippen LogP contribution in [0.4, 0.5) is 21.6 Å². The first kappa shape index (κ1) is 16.7. The van der Waals surface area contributed by atoms with Crippen LogP contribution in [0.2, 0.25) is 5.02 Å². The molecule has 0 aliphatic heterocycles. The van der Waals surface area contributed by atoms with E-state index in [1.165, 1.54) is 31.4 Å². The second-order valence-electron chi connectivity index (χ2n) is 4.95. The molecule has 0 atom stereocenters. The number of ether oxygens (including phenoxy) is 1. The van der Waals surface area contributed by atoms with Gasteiger partial charge in [0.1, 0.15) is 11.6 Å². The van der Waals surface area contributed by atoms with Gasteiger partial charge in [-0.2, -0.15) is 5.21 Å². The lowest BCUT2D eigenvalue weighted by atomic mass is 10.2. The summed E-state index contributed by atoms with van der Waals surface area (Å²) in [6, 6.07) is 10.5. The van der Waals surface area contributed by atoms with Crippen LogP contribution in [0.15, 0.2) is 42.5 Å². The van der Waals surface area contributed by atoms with Gasteiger partial charge in [0.25, 0.3) is 5.91 Å². The fraction of sp³-hybridized carbons (Fsp3) is 0.0625. The van der Waals surface area contributed by atoms with Gasteiger partial charge < -0.3 is 15.4 Å². The first-order valence-electron chi connectivity index (χ1n) is 7.15. The van der Waals surface area contributed by atoms with Gasteiger partial charge in [0.15, 0.2) is 11.5 Å². The van der Waals surface area contributed by atoms with Crippen molar-refractivity contribution in [3.63, 3.8) is 0 Å². The van der Waals surface area contributed by atoms with Crippen molar-refractivity contribution in [2.45, 2.75) is 0 Å². The van der Waals surface area contributed by atoms with E-state index in [4.69, 9.17) is 16.3 Å². The number of hydrogen-bond donors (Lipinski definition) is 3. The summed E-state index contributed by atoms with van der Waals surface area (Å²) in [6.45, 7) is 0. The molecule has 7 nitrogen and oxygen atoms in total. The van der Waals surface area contributed by atoms with Crippen LogP contribution in [0, 0.1) is 5.82 Å². The smallest absolute Gasteiger partial charge is 0.280 e. The van der Waals surface area contributed by atoms with Crippen molar-refractivity contribution in [1.29, 1.82) is 0 Å². The third kappa shape index (κ3) is 3.86. The Balaban J connectivity index is 1.81. The lowest BCUT2D eigenvalue weighted by Crippen LogP contribution is -2.15. The molecule has 0 aliphatic carbocycles. The second kappa shape index (κ2) is 7.18. The molecule has 0 unspecified atom stereocenters. The molecule has 0 fully saturated rings. The highest BCUT2D eigenvalue weighted by atomic mass is 35.5. The van der Waals surface area contributed by atoms with Gasteiger partial charge in [0, 0.05) is 10.7 Å². The van der Waals surface area contributed by atoms with Crippen molar-refractivity contribution < 1.29 is 13.9 Å². The van der Waals surface area contributed by atoms with E-state index in [-0.39, 0.29) is 17.3 Å². The molecule has 3 N–H and O–H groups in total. The van der Waals surface area contributed by atoms with E-state index < -0.39 is 5.91 Å². The topological polar surface area (TPSA) is 91.9 Å². The number of rotatable bonds is 5. The van der Waals surface area contributed by atoms with Gasteiger partial charge in [0.2, 0.25) is 0 Å². The molecule has 1 aromatic heterocycles. The van der Waals surface area contributed by atoms with Gasteiger partial charge in [0.05, 0.1) is 12.8 Å². The molecule has 128 valence electrons. The van der Waals surface area contributed by atoms with E-state index in [0.717, 1.165) is 0 Å². The Hall–Kier alpha value is -3.13. The van der Waals surface area contributed by atoms with Gasteiger partial charge in [-0.1, -0.05) is 11.6 Å². The summed E-state index contributed by atoms with van der Waals surface area (Å²) < 4.78 is 18.2. The number of aromatic nitrogens is 3. The molecule has 25 heavy (non-hydrogen) atoms. The lowest BCUT2D eigenvalue weighted by Gasteiger charge is -2.10. The molecule has 0 saturated heterocycles. The SMILES string of the molecule is COc1ccc(Cl)cc1NC(=O)c1n[nH]nc1Nc1ccc(F)cc1. The summed E-state index contributed by atoms with van der Waals surface area (Å²) in [5.41, 5.74) is 0.992. The fourth-order valence-corrected chi connectivity index (χ4v) is 2.28. The highest BCUT2D eigenvalue weighted by molar-refractivity contribution is 6.31. The third-order valence-electron chi connectivity index (χ3n) is 3.28. The van der Waals surface area contributed by atoms with Crippen molar-refractivity contribution in [3.8, 4) is 5.75 Å². The molecule has 2 aromatic carbocycles. The molecule has 1 amide bonds. The van der Waals surface area contributed by atoms with Crippen LogP contribution in [0.25, 0.3) is 0 Å². The molecule has 3 aromatic rings. The number of H-pyrrole nitrogens is 1. The Labute approximate surface area is 147 Å². The van der Waals surface area contributed by atoms with Crippen LogP contribution in [-0.2, 0) is 0 Å². The molecule has 0 spiro atoms. The number of carbonyl (C=O) groups excluding carboxylic acids is 1. The van der Waals surface area contributed by atoms with E-state index in [1.54, 1.807) is 18.2 Å². The van der Waals surface area contributed by atoms with Crippen molar-refractivity contribution in [1.82, 2.24) is 15.4 Å². The van der Waals surface area contributed by atoms with E-state index in [9.17, 15) is 9.18 Å². The normalized spacial score (nSPS) is 10.4. The number of anilines is 3. The predicted octanol–water partition coefficient (Wildman–Crippen LogP) is 3.60. The van der Waals surface area contributed by atoms with Crippen LogP contribution in [0.5, 0.6) is 5.75 Å². The van der Waals surface area contributed by atoms with E-state index in [2.05, 4.69) is 26.0 Å². The lowest BCUT2D eigenvalue weighted by molar-refractivity contribution is 0.102. The van der Waals surface area contributed by atoms with Gasteiger partial charge in [-0.25, -0.2) is 4.39 Å². The standard InChI is InChI=1S/C16H13ClFN5O2/c1-25-13-7-2-9(17)8-12(13)20-16(24)14-15(22-23-21-14)19-11-5-3-10(18)4-6-11/h2-8H,1H3,(H,20,24)(H2,19,21,22,23). The van der Waals surface area contributed by atoms with Crippen LogP contribution in [0.1, 0.15) is 10.5 Å². The first-order valence-corrected chi connectivity index (χ1v) is 7.53. The number of aromatic amines is 1. The van der Waals surface area contributed by atoms with Gasteiger partial charge in [-0.3, -0.25) is 4.79 Å². The predicted molar refractivity (Wildman–Crippen MR) is 92.0 cm³/mol. The zero-order chi connectivity index (χ0) is 17.8. The fourth-order valence-electron chi connectivity index (χ4n) is 2.11. The molecule has 0 aliphatic rings. The Morgan fingerprint density at radius 1 is 1.20 bits per heavy atom. The highest BCUT2D eigenvalue weighted by Crippen LogP contribution is 2.28. The summed E-state index contributed by atoms with van der Waals surface area (Å²) in [4.78, 5) is 12.5. The minimum absolute atomic E-state index is 0.0337. The summed E-state index contributed by atoms with van der Waals surface area (Å²) >= 11 is 5.95. The average molecular weight is 362 g/mol. The molecule has 1 heterocycles. The van der Waals surface area contributed by atoms with Crippen molar-refractivity contribution >= 4 is 34.7 Å². The number of nitrogens with one attached hydrogen (secondary N) is 3. The molecule has 0 radical (unpaired) electrons. The summed E-state index contributed by atoms with van der Waals surface area (Å²) in [5, 5.41) is 16.1.